The summed E-state index contributed by atoms with van der Waals surface area (Å²) in [6, 6.07) is 8.81. The monoisotopic (exact) mass is 507 g/mol. The van der Waals surface area contributed by atoms with Crippen molar-refractivity contribution in [1.29, 1.82) is 0 Å². The first-order valence-corrected chi connectivity index (χ1v) is 13.0. The summed E-state index contributed by atoms with van der Waals surface area (Å²) in [4.78, 5) is 57.8. The second-order valence-corrected chi connectivity index (χ2v) is 9.81. The third kappa shape index (κ3) is 4.98. The Bertz CT molecular complexity index is 1140. The van der Waals surface area contributed by atoms with Gasteiger partial charge < -0.3 is 29.8 Å². The van der Waals surface area contributed by atoms with Crippen LogP contribution in [0.2, 0.25) is 0 Å². The molecule has 10 heteroatoms. The predicted molar refractivity (Wildman–Crippen MR) is 136 cm³/mol. The van der Waals surface area contributed by atoms with Crippen LogP contribution in [0.5, 0.6) is 0 Å². The Morgan fingerprint density at radius 1 is 1.08 bits per heavy atom. The molecular weight excluding hydrogens is 474 g/mol. The summed E-state index contributed by atoms with van der Waals surface area (Å²) >= 11 is 0. The van der Waals surface area contributed by atoms with Crippen LogP contribution in [0.4, 0.5) is 5.69 Å². The largest absolute Gasteiger partial charge is 0.459 e. The summed E-state index contributed by atoms with van der Waals surface area (Å²) in [5.41, 5.74) is 1.55. The zero-order chi connectivity index (χ0) is 25.9. The zero-order valence-electron chi connectivity index (χ0n) is 21.0. The first-order valence-electron chi connectivity index (χ1n) is 13.0. The van der Waals surface area contributed by atoms with Crippen LogP contribution in [-0.4, -0.2) is 90.7 Å². The van der Waals surface area contributed by atoms with Gasteiger partial charge in [0, 0.05) is 44.0 Å². The van der Waals surface area contributed by atoms with Gasteiger partial charge in [0.05, 0.1) is 18.8 Å². The molecule has 0 saturated carbocycles. The Labute approximate surface area is 215 Å². The van der Waals surface area contributed by atoms with Crippen molar-refractivity contribution < 1.29 is 23.6 Å². The van der Waals surface area contributed by atoms with E-state index in [4.69, 9.17) is 4.42 Å². The van der Waals surface area contributed by atoms with E-state index in [1.807, 2.05) is 19.1 Å². The first kappa shape index (κ1) is 25.0. The van der Waals surface area contributed by atoms with Crippen molar-refractivity contribution in [2.75, 3.05) is 44.2 Å². The lowest BCUT2D eigenvalue weighted by molar-refractivity contribution is -0.138. The Hall–Kier alpha value is -3.66. The molecule has 3 amide bonds. The van der Waals surface area contributed by atoms with Gasteiger partial charge in [-0.1, -0.05) is 13.3 Å². The van der Waals surface area contributed by atoms with Crippen LogP contribution in [0.1, 0.15) is 47.1 Å². The van der Waals surface area contributed by atoms with Gasteiger partial charge in [0.15, 0.2) is 11.5 Å². The van der Waals surface area contributed by atoms with Crippen molar-refractivity contribution in [2.45, 2.75) is 44.3 Å². The molecule has 2 N–H and O–H groups in total. The van der Waals surface area contributed by atoms with Gasteiger partial charge in [-0.3, -0.25) is 19.2 Å². The molecule has 3 fully saturated rings. The summed E-state index contributed by atoms with van der Waals surface area (Å²) < 4.78 is 5.23. The number of anilines is 1. The number of nitrogens with one attached hydrogen (secondary N) is 2. The number of benzene rings is 1. The number of fused-ring (bicyclic) bond motifs is 1. The Kier molecular flexibility index (Phi) is 7.27. The van der Waals surface area contributed by atoms with Crippen molar-refractivity contribution in [3.63, 3.8) is 0 Å². The maximum atomic E-state index is 13.6. The summed E-state index contributed by atoms with van der Waals surface area (Å²) in [6.45, 7) is 5.95. The lowest BCUT2D eigenvalue weighted by atomic mass is 10.1. The molecule has 0 aliphatic carbocycles. The standard InChI is InChI=1S/C27H33N5O5/c1-2-4-20(29-25(34)18-6-8-19(9-7-18)30-14-11-28-12-15-30)26(35)31-13-10-21-24(31)22(33)17-32(21)27(36)23-5-3-16-37-23/h3,5-9,16,20-21,24,28H,2,4,10-15,17H2,1H3,(H,29,34). The van der Waals surface area contributed by atoms with Gasteiger partial charge in [0.2, 0.25) is 5.91 Å². The molecule has 3 aliphatic rings. The SMILES string of the molecule is CCCC(NC(=O)c1ccc(N2CCNCC2)cc1)C(=O)N1CCC2C1C(=O)CN2C(=O)c1ccco1. The topological polar surface area (TPSA) is 115 Å². The summed E-state index contributed by atoms with van der Waals surface area (Å²) in [6.07, 6.45) is 3.08. The molecule has 0 radical (unpaired) electrons. The second-order valence-electron chi connectivity index (χ2n) is 9.81. The van der Waals surface area contributed by atoms with E-state index in [9.17, 15) is 19.2 Å². The highest BCUT2D eigenvalue weighted by Crippen LogP contribution is 2.31. The van der Waals surface area contributed by atoms with E-state index in [1.54, 1.807) is 29.2 Å². The average Bonchev–Trinajstić information content (AvgIpc) is 3.67. The van der Waals surface area contributed by atoms with Crippen molar-refractivity contribution in [2.24, 2.45) is 0 Å². The predicted octanol–water partition coefficient (Wildman–Crippen LogP) is 1.28. The molecule has 5 rings (SSSR count). The van der Waals surface area contributed by atoms with Gasteiger partial charge in [0.1, 0.15) is 12.1 Å². The smallest absolute Gasteiger partial charge is 0.290 e. The third-order valence-electron chi connectivity index (χ3n) is 7.49. The molecule has 3 unspecified atom stereocenters. The van der Waals surface area contributed by atoms with Crippen molar-refractivity contribution in [1.82, 2.24) is 20.4 Å². The number of furan rings is 1. The average molecular weight is 508 g/mol. The first-order chi connectivity index (χ1) is 18.0. The highest BCUT2D eigenvalue weighted by Gasteiger charge is 2.52. The fraction of sp³-hybridized carbons (Fsp3) is 0.481. The highest BCUT2D eigenvalue weighted by atomic mass is 16.3. The Balaban J connectivity index is 1.25. The molecule has 37 heavy (non-hydrogen) atoms. The fourth-order valence-electron chi connectivity index (χ4n) is 5.62. The van der Waals surface area contributed by atoms with Crippen molar-refractivity contribution in [3.8, 4) is 0 Å². The van der Waals surface area contributed by atoms with E-state index in [0.29, 0.717) is 31.4 Å². The summed E-state index contributed by atoms with van der Waals surface area (Å²) in [7, 11) is 0. The van der Waals surface area contributed by atoms with E-state index in [0.717, 1.165) is 31.9 Å². The maximum absolute atomic E-state index is 13.6. The number of hydrogen-bond acceptors (Lipinski definition) is 7. The number of hydrogen-bond donors (Lipinski definition) is 2. The molecule has 196 valence electrons. The Morgan fingerprint density at radius 2 is 1.84 bits per heavy atom. The van der Waals surface area contributed by atoms with Crippen LogP contribution >= 0.6 is 0 Å². The zero-order valence-corrected chi connectivity index (χ0v) is 21.0. The van der Waals surface area contributed by atoms with E-state index in [2.05, 4.69) is 15.5 Å². The maximum Gasteiger partial charge on any atom is 0.290 e. The highest BCUT2D eigenvalue weighted by molar-refractivity contribution is 6.02. The minimum atomic E-state index is -0.744. The molecule has 10 nitrogen and oxygen atoms in total. The molecule has 3 atom stereocenters. The number of Topliss-reactive ketones (excluding diaryl/α,β-unsaturated/α-hetero) is 1. The van der Waals surface area contributed by atoms with Crippen LogP contribution in [-0.2, 0) is 9.59 Å². The molecule has 4 heterocycles. The minimum absolute atomic E-state index is 0.0527. The van der Waals surface area contributed by atoms with Crippen molar-refractivity contribution >= 4 is 29.2 Å². The number of carbonyl (C=O) groups is 4. The molecule has 3 aliphatic heterocycles. The van der Waals surface area contributed by atoms with Crippen LogP contribution in [0, 0.1) is 0 Å². The Morgan fingerprint density at radius 3 is 2.51 bits per heavy atom. The fourth-order valence-corrected chi connectivity index (χ4v) is 5.62. The van der Waals surface area contributed by atoms with Crippen LogP contribution in [0.15, 0.2) is 47.1 Å². The minimum Gasteiger partial charge on any atom is -0.459 e. The van der Waals surface area contributed by atoms with E-state index < -0.39 is 12.1 Å². The quantitative estimate of drug-likeness (QED) is 0.580. The third-order valence-corrected chi connectivity index (χ3v) is 7.49. The van der Waals surface area contributed by atoms with E-state index >= 15 is 0 Å². The van der Waals surface area contributed by atoms with Gasteiger partial charge >= 0.3 is 0 Å². The second kappa shape index (κ2) is 10.8. The number of piperazine rings is 1. The lowest BCUT2D eigenvalue weighted by Crippen LogP contribution is -2.52. The van der Waals surface area contributed by atoms with E-state index in [1.165, 1.54) is 11.2 Å². The van der Waals surface area contributed by atoms with Gasteiger partial charge in [0.25, 0.3) is 11.8 Å². The van der Waals surface area contributed by atoms with Crippen LogP contribution < -0.4 is 15.5 Å². The van der Waals surface area contributed by atoms with Gasteiger partial charge in [-0.05, 0) is 49.2 Å². The molecule has 3 saturated heterocycles. The number of ketones is 1. The van der Waals surface area contributed by atoms with Gasteiger partial charge in [-0.2, -0.15) is 0 Å². The molecule has 0 spiro atoms. The van der Waals surface area contributed by atoms with Crippen LogP contribution in [0.25, 0.3) is 0 Å². The number of amides is 3. The number of likely N-dealkylation sites (tertiary alicyclic amines) is 2. The van der Waals surface area contributed by atoms with Crippen LogP contribution in [0.3, 0.4) is 0 Å². The molecule has 1 aromatic carbocycles. The summed E-state index contributed by atoms with van der Waals surface area (Å²) in [5, 5.41) is 6.23. The number of carbonyl (C=O) groups excluding carboxylic acids is 4. The molecule has 1 aromatic heterocycles. The van der Waals surface area contributed by atoms with Crippen molar-refractivity contribution in [3.05, 3.63) is 54.0 Å². The summed E-state index contributed by atoms with van der Waals surface area (Å²) in [5.74, 6) is -0.927. The molecular formula is C27H33N5O5. The normalized spacial score (nSPS) is 22.2. The van der Waals surface area contributed by atoms with Gasteiger partial charge in [-0.15, -0.1) is 0 Å². The number of rotatable bonds is 7. The molecule has 0 bridgehead atoms. The number of nitrogens with zero attached hydrogens (tertiary/aromatic N) is 3. The van der Waals surface area contributed by atoms with E-state index in [-0.39, 0.29) is 41.9 Å². The van der Waals surface area contributed by atoms with Gasteiger partial charge in [-0.25, -0.2) is 0 Å². The molecule has 2 aromatic rings. The lowest BCUT2D eigenvalue weighted by Gasteiger charge is -2.29.